The van der Waals surface area contributed by atoms with Crippen molar-refractivity contribution in [3.05, 3.63) is 63.7 Å². The Morgan fingerprint density at radius 3 is 2.37 bits per heavy atom. The lowest BCUT2D eigenvalue weighted by atomic mass is 10.1. The van der Waals surface area contributed by atoms with Crippen molar-refractivity contribution in [2.24, 2.45) is 0 Å². The van der Waals surface area contributed by atoms with Crippen LogP contribution in [-0.2, 0) is 11.2 Å². The molecule has 0 aliphatic rings. The number of ether oxygens (including phenoxy) is 1. The van der Waals surface area contributed by atoms with Crippen LogP contribution in [0.15, 0.2) is 54.6 Å². The minimum atomic E-state index is 0.206. The zero-order chi connectivity index (χ0) is 13.5. The molecule has 0 aliphatic heterocycles. The summed E-state index contributed by atoms with van der Waals surface area (Å²) in [5.41, 5.74) is 1.06. The summed E-state index contributed by atoms with van der Waals surface area (Å²) in [6.45, 7) is 0.438. The quantitative estimate of drug-likeness (QED) is 0.726. The highest BCUT2D eigenvalue weighted by molar-refractivity contribution is 14.1. The van der Waals surface area contributed by atoms with Gasteiger partial charge in [-0.15, -0.1) is 0 Å². The van der Waals surface area contributed by atoms with Crippen LogP contribution in [0.3, 0.4) is 0 Å². The van der Waals surface area contributed by atoms with Gasteiger partial charge in [0.25, 0.3) is 0 Å². The highest BCUT2D eigenvalue weighted by Crippen LogP contribution is 2.10. The molecule has 2 nitrogen and oxygen atoms in total. The van der Waals surface area contributed by atoms with Crippen molar-refractivity contribution in [1.82, 2.24) is 0 Å². The highest BCUT2D eigenvalue weighted by Gasteiger charge is 2.04. The third-order valence-electron chi connectivity index (χ3n) is 2.71. The van der Waals surface area contributed by atoms with E-state index < -0.39 is 0 Å². The molecule has 0 bridgehead atoms. The molecule has 0 aliphatic carbocycles. The summed E-state index contributed by atoms with van der Waals surface area (Å²) in [4.78, 5) is 11.8. The number of halogens is 1. The molecule has 2 aromatic rings. The number of hydrogen-bond donors (Lipinski definition) is 0. The van der Waals surface area contributed by atoms with Crippen LogP contribution in [0, 0.1) is 3.57 Å². The number of benzene rings is 2. The third kappa shape index (κ3) is 5.03. The molecule has 2 aromatic carbocycles. The number of hydrogen-bond acceptors (Lipinski definition) is 2. The van der Waals surface area contributed by atoms with E-state index in [1.165, 1.54) is 3.57 Å². The molecule has 0 spiro atoms. The molecule has 0 unspecified atom stereocenters. The van der Waals surface area contributed by atoms with Crippen molar-refractivity contribution < 1.29 is 9.53 Å². The zero-order valence-electron chi connectivity index (χ0n) is 10.5. The van der Waals surface area contributed by atoms with Gasteiger partial charge in [-0.2, -0.15) is 0 Å². The van der Waals surface area contributed by atoms with E-state index in [2.05, 4.69) is 22.6 Å². The van der Waals surface area contributed by atoms with Crippen molar-refractivity contribution in [3.8, 4) is 5.75 Å². The first-order valence-corrected chi connectivity index (χ1v) is 7.26. The third-order valence-corrected chi connectivity index (χ3v) is 3.43. The van der Waals surface area contributed by atoms with E-state index in [4.69, 9.17) is 4.74 Å². The van der Waals surface area contributed by atoms with Crippen LogP contribution >= 0.6 is 22.6 Å². The highest BCUT2D eigenvalue weighted by atomic mass is 127. The van der Waals surface area contributed by atoms with Crippen LogP contribution in [0.4, 0.5) is 0 Å². The van der Waals surface area contributed by atoms with Crippen LogP contribution in [0.25, 0.3) is 0 Å². The predicted molar refractivity (Wildman–Crippen MR) is 84.4 cm³/mol. The molecule has 0 saturated heterocycles. The summed E-state index contributed by atoms with van der Waals surface area (Å²) in [6, 6.07) is 17.6. The van der Waals surface area contributed by atoms with E-state index in [9.17, 15) is 4.79 Å². The molecule has 2 rings (SSSR count). The van der Waals surface area contributed by atoms with Gasteiger partial charge in [0.05, 0.1) is 6.61 Å². The maximum absolute atomic E-state index is 11.8. The van der Waals surface area contributed by atoms with Crippen LogP contribution in [0.1, 0.15) is 12.0 Å². The lowest BCUT2D eigenvalue weighted by Gasteiger charge is -2.05. The van der Waals surface area contributed by atoms with E-state index in [-0.39, 0.29) is 5.78 Å². The fourth-order valence-corrected chi connectivity index (χ4v) is 2.08. The van der Waals surface area contributed by atoms with Gasteiger partial charge in [-0.3, -0.25) is 4.79 Å². The Bertz CT molecular complexity index is 520. The molecule has 0 atom stereocenters. The summed E-state index contributed by atoms with van der Waals surface area (Å²) < 4.78 is 6.69. The summed E-state index contributed by atoms with van der Waals surface area (Å²) in [6.07, 6.45) is 0.927. The first-order chi connectivity index (χ1) is 9.24. The second-order valence-corrected chi connectivity index (χ2v) is 5.50. The normalized spacial score (nSPS) is 10.2. The number of Topliss-reactive ketones (excluding diaryl/α,β-unsaturated/α-hetero) is 1. The molecular weight excluding hydrogens is 351 g/mol. The van der Waals surface area contributed by atoms with Gasteiger partial charge in [0.1, 0.15) is 11.5 Å². The van der Waals surface area contributed by atoms with E-state index in [1.54, 1.807) is 0 Å². The van der Waals surface area contributed by atoms with Crippen LogP contribution in [0.5, 0.6) is 5.75 Å². The summed E-state index contributed by atoms with van der Waals surface area (Å²) in [7, 11) is 0. The van der Waals surface area contributed by atoms with Crippen LogP contribution < -0.4 is 4.74 Å². The first kappa shape index (κ1) is 14.1. The Kier molecular flexibility index (Phi) is 5.39. The fraction of sp³-hybridized carbons (Fsp3) is 0.188. The molecule has 3 heteroatoms. The minimum absolute atomic E-state index is 0.206. The fourth-order valence-electron chi connectivity index (χ4n) is 1.72. The van der Waals surface area contributed by atoms with E-state index in [0.29, 0.717) is 19.4 Å². The molecule has 19 heavy (non-hydrogen) atoms. The second-order valence-electron chi connectivity index (χ2n) is 4.25. The zero-order valence-corrected chi connectivity index (χ0v) is 12.7. The first-order valence-electron chi connectivity index (χ1n) is 6.18. The van der Waals surface area contributed by atoms with Crippen molar-refractivity contribution in [1.29, 1.82) is 0 Å². The van der Waals surface area contributed by atoms with Gasteiger partial charge >= 0.3 is 0 Å². The summed E-state index contributed by atoms with van der Waals surface area (Å²) in [5, 5.41) is 0. The van der Waals surface area contributed by atoms with Crippen molar-refractivity contribution in [3.63, 3.8) is 0 Å². The average Bonchev–Trinajstić information content (AvgIpc) is 2.43. The number of para-hydroxylation sites is 1. The Balaban J connectivity index is 1.74. The van der Waals surface area contributed by atoms with Gasteiger partial charge in [0.15, 0.2) is 0 Å². The molecule has 0 radical (unpaired) electrons. The average molecular weight is 366 g/mol. The van der Waals surface area contributed by atoms with Crippen molar-refractivity contribution in [2.45, 2.75) is 12.8 Å². The Morgan fingerprint density at radius 2 is 1.68 bits per heavy atom. The van der Waals surface area contributed by atoms with Gasteiger partial charge in [0, 0.05) is 16.4 Å². The maximum Gasteiger partial charge on any atom is 0.140 e. The Hall–Kier alpha value is -1.36. The molecule has 0 aromatic heterocycles. The Morgan fingerprint density at radius 1 is 1.00 bits per heavy atom. The standard InChI is InChI=1S/C16H15IO2/c17-14-8-6-13(7-9-14)12-15(18)10-11-19-16-4-2-1-3-5-16/h1-9H,10-12H2. The SMILES string of the molecule is O=C(CCOc1ccccc1)Cc1ccc(I)cc1. The molecule has 0 heterocycles. The molecular formula is C16H15IO2. The van der Waals surface area contributed by atoms with Crippen LogP contribution in [0.2, 0.25) is 0 Å². The lowest BCUT2D eigenvalue weighted by molar-refractivity contribution is -0.118. The van der Waals surface area contributed by atoms with E-state index in [0.717, 1.165) is 11.3 Å². The number of ketones is 1. The minimum Gasteiger partial charge on any atom is -0.493 e. The van der Waals surface area contributed by atoms with Gasteiger partial charge < -0.3 is 4.74 Å². The number of carbonyl (C=O) groups excluding carboxylic acids is 1. The smallest absolute Gasteiger partial charge is 0.140 e. The van der Waals surface area contributed by atoms with E-state index in [1.807, 2.05) is 54.6 Å². The maximum atomic E-state index is 11.8. The molecule has 0 fully saturated rings. The number of rotatable bonds is 6. The second kappa shape index (κ2) is 7.28. The summed E-state index contributed by atoms with van der Waals surface area (Å²) in [5.74, 6) is 1.02. The van der Waals surface area contributed by atoms with Gasteiger partial charge in [-0.05, 0) is 52.4 Å². The van der Waals surface area contributed by atoms with Gasteiger partial charge in [-0.25, -0.2) is 0 Å². The summed E-state index contributed by atoms with van der Waals surface area (Å²) >= 11 is 2.25. The lowest BCUT2D eigenvalue weighted by Crippen LogP contribution is -2.08. The monoisotopic (exact) mass is 366 g/mol. The number of carbonyl (C=O) groups is 1. The largest absolute Gasteiger partial charge is 0.493 e. The molecule has 0 amide bonds. The van der Waals surface area contributed by atoms with Gasteiger partial charge in [-0.1, -0.05) is 30.3 Å². The van der Waals surface area contributed by atoms with Crippen molar-refractivity contribution in [2.75, 3.05) is 6.61 Å². The van der Waals surface area contributed by atoms with Gasteiger partial charge in [0.2, 0.25) is 0 Å². The molecule has 98 valence electrons. The van der Waals surface area contributed by atoms with Crippen LogP contribution in [-0.4, -0.2) is 12.4 Å². The molecule has 0 saturated carbocycles. The topological polar surface area (TPSA) is 26.3 Å². The predicted octanol–water partition coefficient (Wildman–Crippen LogP) is 3.87. The van der Waals surface area contributed by atoms with Crippen molar-refractivity contribution >= 4 is 28.4 Å². The Labute approximate surface area is 126 Å². The molecule has 0 N–H and O–H groups in total. The van der Waals surface area contributed by atoms with E-state index >= 15 is 0 Å².